The summed E-state index contributed by atoms with van der Waals surface area (Å²) in [6.45, 7) is 6.40. The number of para-hydroxylation sites is 2. The Kier molecular flexibility index (Phi) is 7.81. The lowest BCUT2D eigenvalue weighted by Gasteiger charge is -2.33. The SMILES string of the molecule is Cc1ncc(Cl)cc1C(=O)NC1CCC(Cn2c(=O)n(-c3ccc(N4CCN(C)CC4)nc3)c3ccccc32)CC1. The number of aryl methyl sites for hydroxylation is 1. The van der Waals surface area contributed by atoms with Crippen molar-refractivity contribution in [1.29, 1.82) is 0 Å². The fourth-order valence-corrected chi connectivity index (χ4v) is 6.27. The number of anilines is 1. The van der Waals surface area contributed by atoms with Crippen molar-refractivity contribution in [2.75, 3.05) is 38.1 Å². The fourth-order valence-electron chi connectivity index (χ4n) is 6.12. The third kappa shape index (κ3) is 5.74. The number of benzene rings is 1. The number of fused-ring (bicyclic) bond motifs is 1. The summed E-state index contributed by atoms with van der Waals surface area (Å²) in [5, 5.41) is 3.62. The van der Waals surface area contributed by atoms with Gasteiger partial charge in [-0.05, 0) is 75.9 Å². The summed E-state index contributed by atoms with van der Waals surface area (Å²) in [6, 6.07) is 13.8. The molecule has 0 spiro atoms. The van der Waals surface area contributed by atoms with Gasteiger partial charge >= 0.3 is 5.69 Å². The maximum Gasteiger partial charge on any atom is 0.333 e. The van der Waals surface area contributed by atoms with Crippen molar-refractivity contribution >= 4 is 34.4 Å². The molecule has 1 aliphatic carbocycles. The second-order valence-corrected chi connectivity index (χ2v) is 11.8. The molecule has 10 heteroatoms. The van der Waals surface area contributed by atoms with Gasteiger partial charge in [-0.3, -0.25) is 18.9 Å². The number of pyridine rings is 2. The predicted molar refractivity (Wildman–Crippen MR) is 162 cm³/mol. The van der Waals surface area contributed by atoms with E-state index in [0.29, 0.717) is 28.7 Å². The van der Waals surface area contributed by atoms with Gasteiger partial charge in [-0.2, -0.15) is 0 Å². The largest absolute Gasteiger partial charge is 0.354 e. The van der Waals surface area contributed by atoms with E-state index in [1.807, 2.05) is 54.1 Å². The summed E-state index contributed by atoms with van der Waals surface area (Å²) in [7, 11) is 2.14. The molecule has 9 nitrogen and oxygen atoms in total. The van der Waals surface area contributed by atoms with Crippen LogP contribution < -0.4 is 15.9 Å². The van der Waals surface area contributed by atoms with Gasteiger partial charge in [0.2, 0.25) is 0 Å². The Hall–Kier alpha value is -3.69. The molecule has 4 heterocycles. The van der Waals surface area contributed by atoms with Crippen molar-refractivity contribution in [3.8, 4) is 5.69 Å². The molecule has 2 aliphatic rings. The van der Waals surface area contributed by atoms with Crippen LogP contribution in [0.15, 0.2) is 59.7 Å². The number of carbonyl (C=O) groups is 1. The van der Waals surface area contributed by atoms with Gasteiger partial charge in [0.1, 0.15) is 5.82 Å². The fraction of sp³-hybridized carbons (Fsp3) is 0.419. The van der Waals surface area contributed by atoms with Crippen molar-refractivity contribution in [1.82, 2.24) is 29.3 Å². The van der Waals surface area contributed by atoms with Crippen LogP contribution in [0.1, 0.15) is 41.7 Å². The zero-order valence-electron chi connectivity index (χ0n) is 23.6. The highest BCUT2D eigenvalue weighted by Gasteiger charge is 2.26. The zero-order chi connectivity index (χ0) is 28.5. The quantitative estimate of drug-likeness (QED) is 0.370. The Morgan fingerprint density at radius 1 is 0.976 bits per heavy atom. The number of carbonyl (C=O) groups excluding carboxylic acids is 1. The minimum absolute atomic E-state index is 0.0419. The van der Waals surface area contributed by atoms with Gasteiger partial charge in [-0.25, -0.2) is 9.78 Å². The van der Waals surface area contributed by atoms with E-state index in [1.54, 1.807) is 16.8 Å². The third-order valence-corrected chi connectivity index (χ3v) is 8.78. The molecule has 1 aromatic carbocycles. The van der Waals surface area contributed by atoms with Gasteiger partial charge in [-0.15, -0.1) is 0 Å². The van der Waals surface area contributed by atoms with Gasteiger partial charge in [-0.1, -0.05) is 23.7 Å². The zero-order valence-corrected chi connectivity index (χ0v) is 24.3. The smallest absolute Gasteiger partial charge is 0.333 e. The maximum absolute atomic E-state index is 13.8. The van der Waals surface area contributed by atoms with Crippen LogP contribution in [0.2, 0.25) is 5.02 Å². The Bertz CT molecular complexity index is 1600. The number of hydrogen-bond donors (Lipinski definition) is 1. The average molecular weight is 574 g/mol. The number of aromatic nitrogens is 4. The third-order valence-electron chi connectivity index (χ3n) is 8.57. The normalized spacial score (nSPS) is 19.9. The molecule has 1 saturated carbocycles. The number of imidazole rings is 1. The molecule has 2 fully saturated rings. The number of amides is 1. The van der Waals surface area contributed by atoms with Crippen LogP contribution >= 0.6 is 11.6 Å². The minimum atomic E-state index is -0.132. The molecule has 0 radical (unpaired) electrons. The van der Waals surface area contributed by atoms with Crippen molar-refractivity contribution < 1.29 is 4.79 Å². The van der Waals surface area contributed by atoms with Crippen molar-refractivity contribution in [2.45, 2.75) is 45.2 Å². The highest BCUT2D eigenvalue weighted by atomic mass is 35.5. The summed E-state index contributed by atoms with van der Waals surface area (Å²) in [4.78, 5) is 40.2. The number of halogens is 1. The molecular formula is C31H36ClN7O2. The number of hydrogen-bond acceptors (Lipinski definition) is 6. The van der Waals surface area contributed by atoms with E-state index in [9.17, 15) is 9.59 Å². The molecule has 3 aromatic heterocycles. The Morgan fingerprint density at radius 2 is 1.71 bits per heavy atom. The van der Waals surface area contributed by atoms with Crippen molar-refractivity contribution in [3.05, 3.63) is 81.6 Å². The maximum atomic E-state index is 13.8. The lowest BCUT2D eigenvalue weighted by atomic mass is 9.85. The van der Waals surface area contributed by atoms with E-state index < -0.39 is 0 Å². The Morgan fingerprint density at radius 3 is 2.41 bits per heavy atom. The minimum Gasteiger partial charge on any atom is -0.354 e. The van der Waals surface area contributed by atoms with Crippen LogP contribution in [0.25, 0.3) is 16.7 Å². The molecule has 0 bridgehead atoms. The summed E-state index contributed by atoms with van der Waals surface area (Å²) in [5.41, 5.74) is 3.74. The first kappa shape index (κ1) is 27.5. The van der Waals surface area contributed by atoms with Crippen molar-refractivity contribution in [2.24, 2.45) is 5.92 Å². The van der Waals surface area contributed by atoms with Gasteiger partial charge in [0.25, 0.3) is 5.91 Å². The number of nitrogens with zero attached hydrogens (tertiary/aromatic N) is 6. The van der Waals surface area contributed by atoms with Crippen LogP contribution in [0.5, 0.6) is 0 Å². The monoisotopic (exact) mass is 573 g/mol. The van der Waals surface area contributed by atoms with Crippen LogP contribution in [0, 0.1) is 12.8 Å². The molecule has 6 rings (SSSR count). The topological polar surface area (TPSA) is 88.3 Å². The molecule has 1 aliphatic heterocycles. The second kappa shape index (κ2) is 11.7. The van der Waals surface area contributed by atoms with Crippen LogP contribution in [-0.4, -0.2) is 69.2 Å². The van der Waals surface area contributed by atoms with Gasteiger partial charge in [0.15, 0.2) is 0 Å². The van der Waals surface area contributed by atoms with Crippen LogP contribution in [0.4, 0.5) is 5.82 Å². The number of likely N-dealkylation sites (N-methyl/N-ethyl adjacent to an activating group) is 1. The van der Waals surface area contributed by atoms with E-state index in [0.717, 1.165) is 74.4 Å². The standard InChI is InChI=1S/C31H36ClN7O2/c1-21-26(17-23(32)18-33-21)30(40)35-24-9-7-22(8-10-24)20-38-27-5-3-4-6-28(27)39(31(38)41)25-11-12-29(34-19-25)37-15-13-36(2)14-16-37/h3-6,11-12,17-19,22,24H,7-10,13-16,20H2,1-2H3,(H,35,40). The summed E-state index contributed by atoms with van der Waals surface area (Å²) < 4.78 is 3.69. The molecule has 1 saturated heterocycles. The van der Waals surface area contributed by atoms with Gasteiger partial charge in [0.05, 0.1) is 39.2 Å². The number of nitrogens with one attached hydrogen (secondary N) is 1. The second-order valence-electron chi connectivity index (χ2n) is 11.4. The molecular weight excluding hydrogens is 538 g/mol. The predicted octanol–water partition coefficient (Wildman–Crippen LogP) is 4.28. The first-order chi connectivity index (χ1) is 19.9. The van der Waals surface area contributed by atoms with E-state index in [2.05, 4.69) is 27.1 Å². The van der Waals surface area contributed by atoms with Crippen molar-refractivity contribution in [3.63, 3.8) is 0 Å². The van der Waals surface area contributed by atoms with Crippen LogP contribution in [-0.2, 0) is 6.54 Å². The molecule has 1 N–H and O–H groups in total. The average Bonchev–Trinajstić information content (AvgIpc) is 3.26. The Labute approximate surface area is 244 Å². The molecule has 0 atom stereocenters. The molecule has 4 aromatic rings. The first-order valence-electron chi connectivity index (χ1n) is 14.4. The van der Waals surface area contributed by atoms with Gasteiger partial charge in [0, 0.05) is 45.0 Å². The summed E-state index contributed by atoms with van der Waals surface area (Å²) >= 11 is 6.06. The molecule has 0 unspecified atom stereocenters. The number of piperazine rings is 1. The summed E-state index contributed by atoms with van der Waals surface area (Å²) in [5.74, 6) is 1.17. The summed E-state index contributed by atoms with van der Waals surface area (Å²) in [6.07, 6.45) is 6.98. The molecule has 214 valence electrons. The van der Waals surface area contributed by atoms with E-state index in [4.69, 9.17) is 16.6 Å². The number of rotatable bonds is 6. The highest BCUT2D eigenvalue weighted by Crippen LogP contribution is 2.28. The Balaban J connectivity index is 1.15. The highest BCUT2D eigenvalue weighted by molar-refractivity contribution is 6.30. The van der Waals surface area contributed by atoms with E-state index in [-0.39, 0.29) is 17.6 Å². The molecule has 1 amide bonds. The lowest BCUT2D eigenvalue weighted by molar-refractivity contribution is 0.0919. The van der Waals surface area contributed by atoms with Gasteiger partial charge < -0.3 is 15.1 Å². The molecule has 41 heavy (non-hydrogen) atoms. The lowest BCUT2D eigenvalue weighted by Crippen LogP contribution is -2.44. The van der Waals surface area contributed by atoms with E-state index in [1.165, 1.54) is 0 Å². The first-order valence-corrected chi connectivity index (χ1v) is 14.8. The van der Waals surface area contributed by atoms with Crippen LogP contribution in [0.3, 0.4) is 0 Å². The van der Waals surface area contributed by atoms with E-state index >= 15 is 0 Å².